The van der Waals surface area contributed by atoms with Gasteiger partial charge in [-0.1, -0.05) is 83.9 Å². The van der Waals surface area contributed by atoms with E-state index in [2.05, 4.69) is 37.5 Å². The van der Waals surface area contributed by atoms with Crippen molar-refractivity contribution in [3.8, 4) is 5.69 Å². The minimum atomic E-state index is -4.48. The largest absolute Gasteiger partial charge is 0.416 e. The Balaban J connectivity index is 1.44. The van der Waals surface area contributed by atoms with Crippen LogP contribution in [0.5, 0.6) is 0 Å². The summed E-state index contributed by atoms with van der Waals surface area (Å²) < 4.78 is 42.4. The Labute approximate surface area is 234 Å². The molecule has 1 atom stereocenters. The van der Waals surface area contributed by atoms with E-state index in [1.807, 2.05) is 30.3 Å². The van der Waals surface area contributed by atoms with Gasteiger partial charge in [0.15, 0.2) is 5.82 Å². The normalized spacial score (nSPS) is 16.1. The maximum absolute atomic E-state index is 13.7. The molecule has 11 heteroatoms. The number of benzene rings is 3. The Morgan fingerprint density at radius 2 is 1.56 bits per heavy atom. The van der Waals surface area contributed by atoms with Gasteiger partial charge >= 0.3 is 6.18 Å². The monoisotopic (exact) mass is 572 g/mol. The van der Waals surface area contributed by atoms with E-state index in [1.54, 1.807) is 24.3 Å². The Bertz CT molecular complexity index is 1410. The van der Waals surface area contributed by atoms with Gasteiger partial charge in [-0.05, 0) is 45.8 Å². The van der Waals surface area contributed by atoms with E-state index in [0.717, 1.165) is 37.3 Å². The Morgan fingerprint density at radius 1 is 0.872 bits per heavy atom. The molecule has 3 aromatic carbocycles. The number of hydrogen-bond acceptors (Lipinski definition) is 5. The van der Waals surface area contributed by atoms with Crippen molar-refractivity contribution in [3.63, 3.8) is 0 Å². The van der Waals surface area contributed by atoms with Gasteiger partial charge < -0.3 is 0 Å². The van der Waals surface area contributed by atoms with Crippen LogP contribution >= 0.6 is 23.2 Å². The lowest BCUT2D eigenvalue weighted by Gasteiger charge is -2.38. The molecule has 0 amide bonds. The molecule has 1 aromatic heterocycles. The molecule has 6 nitrogen and oxygen atoms in total. The van der Waals surface area contributed by atoms with Gasteiger partial charge in [0, 0.05) is 32.7 Å². The maximum atomic E-state index is 13.7. The van der Waals surface area contributed by atoms with Crippen LogP contribution in [-0.4, -0.2) is 62.7 Å². The molecule has 0 bridgehead atoms. The lowest BCUT2D eigenvalue weighted by molar-refractivity contribution is -0.137. The summed E-state index contributed by atoms with van der Waals surface area (Å²) in [7, 11) is 0. The molecule has 1 saturated heterocycles. The Hall–Kier alpha value is -3.24. The second kappa shape index (κ2) is 11.9. The summed E-state index contributed by atoms with van der Waals surface area (Å²) in [5.41, 5.74) is 1.21. The van der Waals surface area contributed by atoms with Crippen LogP contribution in [0.3, 0.4) is 0 Å². The van der Waals surface area contributed by atoms with E-state index in [1.165, 1.54) is 10.7 Å². The molecule has 0 radical (unpaired) electrons. The highest BCUT2D eigenvalue weighted by molar-refractivity contribution is 6.37. The third-order valence-corrected chi connectivity index (χ3v) is 7.27. The van der Waals surface area contributed by atoms with Crippen LogP contribution in [0.2, 0.25) is 10.0 Å². The van der Waals surface area contributed by atoms with E-state index in [9.17, 15) is 13.2 Å². The molecule has 39 heavy (non-hydrogen) atoms. The molecule has 2 heterocycles. The van der Waals surface area contributed by atoms with Crippen LogP contribution in [0.15, 0.2) is 78.9 Å². The van der Waals surface area contributed by atoms with Crippen LogP contribution in [0.25, 0.3) is 11.8 Å². The molecule has 0 unspecified atom stereocenters. The first-order chi connectivity index (χ1) is 18.8. The highest BCUT2D eigenvalue weighted by Crippen LogP contribution is 2.36. The van der Waals surface area contributed by atoms with Crippen molar-refractivity contribution < 1.29 is 13.2 Å². The van der Waals surface area contributed by atoms with Gasteiger partial charge in [-0.3, -0.25) is 9.80 Å². The Morgan fingerprint density at radius 3 is 2.26 bits per heavy atom. The zero-order chi connectivity index (χ0) is 27.4. The van der Waals surface area contributed by atoms with E-state index in [0.29, 0.717) is 40.2 Å². The molecule has 0 spiro atoms. The minimum absolute atomic E-state index is 0.328. The summed E-state index contributed by atoms with van der Waals surface area (Å²) in [6.45, 7) is 3.42. The first-order valence-electron chi connectivity index (χ1n) is 12.4. The van der Waals surface area contributed by atoms with E-state index in [4.69, 9.17) is 23.2 Å². The van der Waals surface area contributed by atoms with Crippen molar-refractivity contribution in [2.24, 2.45) is 0 Å². The second-order valence-electron chi connectivity index (χ2n) is 9.19. The molecular weight excluding hydrogens is 548 g/mol. The van der Waals surface area contributed by atoms with Gasteiger partial charge in [-0.2, -0.15) is 17.9 Å². The van der Waals surface area contributed by atoms with Crippen molar-refractivity contribution in [2.45, 2.75) is 12.2 Å². The molecular formula is C28H25Cl2F3N6. The summed E-state index contributed by atoms with van der Waals surface area (Å²) in [6.07, 6.45) is -0.281. The topological polar surface area (TPSA) is 50.1 Å². The van der Waals surface area contributed by atoms with E-state index < -0.39 is 17.8 Å². The Kier molecular flexibility index (Phi) is 8.32. The van der Waals surface area contributed by atoms with E-state index >= 15 is 0 Å². The number of rotatable bonds is 7. The second-order valence-corrected chi connectivity index (χ2v) is 10.0. The van der Waals surface area contributed by atoms with Crippen molar-refractivity contribution in [1.29, 1.82) is 0 Å². The van der Waals surface area contributed by atoms with Crippen LogP contribution in [-0.2, 0) is 6.18 Å². The van der Waals surface area contributed by atoms with E-state index in [-0.39, 0.29) is 0 Å². The molecule has 0 saturated carbocycles. The van der Waals surface area contributed by atoms with Crippen molar-refractivity contribution in [2.75, 3.05) is 32.7 Å². The first-order valence-corrected chi connectivity index (χ1v) is 13.1. The summed E-state index contributed by atoms with van der Waals surface area (Å²) in [6, 6.07) is 19.7. The molecule has 0 N–H and O–H groups in total. The lowest BCUT2D eigenvalue weighted by Crippen LogP contribution is -2.48. The van der Waals surface area contributed by atoms with Crippen LogP contribution in [0.1, 0.15) is 28.6 Å². The van der Waals surface area contributed by atoms with Gasteiger partial charge in [0.05, 0.1) is 21.7 Å². The van der Waals surface area contributed by atoms with Gasteiger partial charge in [0.25, 0.3) is 0 Å². The zero-order valence-corrected chi connectivity index (χ0v) is 22.3. The third kappa shape index (κ3) is 6.33. The van der Waals surface area contributed by atoms with Crippen molar-refractivity contribution >= 4 is 29.3 Å². The molecule has 202 valence electrons. The molecule has 0 aliphatic carbocycles. The summed E-state index contributed by atoms with van der Waals surface area (Å²) in [5.74, 6) is 0.335. The molecule has 4 aromatic rings. The average Bonchev–Trinajstić information content (AvgIpc) is 3.39. The number of nitrogens with zero attached hydrogens (tertiary/aromatic N) is 6. The van der Waals surface area contributed by atoms with Gasteiger partial charge in [-0.25, -0.2) is 0 Å². The predicted octanol–water partition coefficient (Wildman–Crippen LogP) is 6.41. The number of aromatic nitrogens is 4. The van der Waals surface area contributed by atoms with Gasteiger partial charge in [-0.15, -0.1) is 5.10 Å². The van der Waals surface area contributed by atoms with Crippen LogP contribution in [0, 0.1) is 0 Å². The SMILES string of the molecule is FC(F)(F)c1cccc([C@H](c2nnnn2-c2c(Cl)cccc2Cl)N2CCN(C/C=C/c3ccccc3)CC2)c1. The van der Waals surface area contributed by atoms with Crippen molar-refractivity contribution in [3.05, 3.63) is 111 Å². The van der Waals surface area contributed by atoms with Gasteiger partial charge in [0.2, 0.25) is 0 Å². The number of piperazine rings is 1. The maximum Gasteiger partial charge on any atom is 0.416 e. The fraction of sp³-hybridized carbons (Fsp3) is 0.250. The summed E-state index contributed by atoms with van der Waals surface area (Å²) in [4.78, 5) is 4.40. The minimum Gasteiger partial charge on any atom is -0.297 e. The number of para-hydroxylation sites is 1. The fourth-order valence-electron chi connectivity index (χ4n) is 4.73. The standard InChI is InChI=1S/C28H25Cl2F3N6/c29-23-12-5-13-24(30)26(23)39-27(34-35-36-39)25(21-10-4-11-22(19-21)28(31,32)33)38-17-15-37(16-18-38)14-6-9-20-7-2-1-3-8-20/h1-13,19,25H,14-18H2/b9-6+/t25-/m1/s1. The third-order valence-electron chi connectivity index (χ3n) is 6.66. The van der Waals surface area contributed by atoms with Crippen LogP contribution < -0.4 is 0 Å². The lowest BCUT2D eigenvalue weighted by atomic mass is 10.0. The quantitative estimate of drug-likeness (QED) is 0.256. The smallest absolute Gasteiger partial charge is 0.297 e. The number of tetrazole rings is 1. The number of alkyl halides is 3. The fourth-order valence-corrected chi connectivity index (χ4v) is 5.29. The summed E-state index contributed by atoms with van der Waals surface area (Å²) in [5, 5.41) is 12.9. The van der Waals surface area contributed by atoms with Crippen molar-refractivity contribution in [1.82, 2.24) is 30.0 Å². The van der Waals surface area contributed by atoms with Gasteiger partial charge in [0.1, 0.15) is 5.69 Å². The molecule has 1 aliphatic rings. The molecule has 1 fully saturated rings. The molecule has 5 rings (SSSR count). The zero-order valence-electron chi connectivity index (χ0n) is 20.8. The number of hydrogen-bond donors (Lipinski definition) is 0. The predicted molar refractivity (Wildman–Crippen MR) is 146 cm³/mol. The summed E-state index contributed by atoms with van der Waals surface area (Å²) >= 11 is 12.9. The first kappa shape index (κ1) is 27.3. The highest BCUT2D eigenvalue weighted by Gasteiger charge is 2.35. The highest BCUT2D eigenvalue weighted by atomic mass is 35.5. The van der Waals surface area contributed by atoms with Crippen LogP contribution in [0.4, 0.5) is 13.2 Å². The average molecular weight is 573 g/mol. The molecule has 1 aliphatic heterocycles. The number of halogens is 5.